The largest absolute Gasteiger partial charge is 0.361 e. The fourth-order valence-electron chi connectivity index (χ4n) is 1.96. The van der Waals surface area contributed by atoms with Gasteiger partial charge in [0.25, 0.3) is 0 Å². The summed E-state index contributed by atoms with van der Waals surface area (Å²) in [5.41, 5.74) is 0.356. The van der Waals surface area contributed by atoms with E-state index >= 15 is 0 Å². The summed E-state index contributed by atoms with van der Waals surface area (Å²) in [7, 11) is 2.96. The van der Waals surface area contributed by atoms with Crippen LogP contribution in [0, 0.1) is 17.6 Å². The third-order valence-corrected chi connectivity index (χ3v) is 3.00. The van der Waals surface area contributed by atoms with Crippen molar-refractivity contribution >= 4 is 11.6 Å². The molecule has 1 aromatic carbocycles. The Hall–Kier alpha value is -1.69. The van der Waals surface area contributed by atoms with Gasteiger partial charge < -0.3 is 15.5 Å². The summed E-state index contributed by atoms with van der Waals surface area (Å²) >= 11 is 0. The Balaban J connectivity index is 2.82. The molecular weight excluding hydrogens is 276 g/mol. The zero-order chi connectivity index (χ0) is 16.0. The fourth-order valence-corrected chi connectivity index (χ4v) is 1.96. The molecule has 1 amide bonds. The van der Waals surface area contributed by atoms with E-state index in [4.69, 9.17) is 0 Å². The summed E-state index contributed by atoms with van der Waals surface area (Å²) in [4.78, 5) is 12.5. The molecule has 0 saturated carbocycles. The van der Waals surface area contributed by atoms with Crippen LogP contribution in [0.5, 0.6) is 0 Å². The average Bonchev–Trinajstić information content (AvgIpc) is 2.37. The fraction of sp³-hybridized carbons (Fsp3) is 0.533. The smallest absolute Gasteiger partial charge is 0.239 e. The van der Waals surface area contributed by atoms with Crippen LogP contribution in [0.4, 0.5) is 14.5 Å². The number of likely N-dealkylation sites (N-methyl/N-ethyl adjacent to an activating group) is 2. The van der Waals surface area contributed by atoms with E-state index in [0.29, 0.717) is 18.0 Å². The van der Waals surface area contributed by atoms with E-state index in [9.17, 15) is 13.6 Å². The molecule has 0 fully saturated rings. The Labute approximate surface area is 124 Å². The van der Waals surface area contributed by atoms with Crippen LogP contribution in [0.2, 0.25) is 0 Å². The zero-order valence-electron chi connectivity index (χ0n) is 13.0. The zero-order valence-corrected chi connectivity index (χ0v) is 13.0. The molecule has 2 N–H and O–H groups in total. The third kappa shape index (κ3) is 5.30. The first-order chi connectivity index (χ1) is 9.85. The summed E-state index contributed by atoms with van der Waals surface area (Å²) in [6.07, 6.45) is 0. The number of hydrogen-bond acceptors (Lipinski definition) is 3. The van der Waals surface area contributed by atoms with Gasteiger partial charge in [0, 0.05) is 20.6 Å². The van der Waals surface area contributed by atoms with Gasteiger partial charge in [0.1, 0.15) is 17.3 Å². The molecule has 0 aromatic heterocycles. The SMILES string of the molecule is CNC(=O)CN(C)c1c(F)cc(CNCC(C)C)cc1F. The van der Waals surface area contributed by atoms with Gasteiger partial charge in [-0.3, -0.25) is 4.79 Å². The Morgan fingerprint density at radius 3 is 2.33 bits per heavy atom. The molecule has 0 bridgehead atoms. The second kappa shape index (κ2) is 7.93. The molecule has 0 aliphatic carbocycles. The van der Waals surface area contributed by atoms with Crippen LogP contribution in [0.1, 0.15) is 19.4 Å². The number of halogens is 2. The summed E-state index contributed by atoms with van der Waals surface area (Å²) < 4.78 is 28.1. The minimum atomic E-state index is -0.664. The van der Waals surface area contributed by atoms with Gasteiger partial charge in [-0.05, 0) is 30.2 Å². The Morgan fingerprint density at radius 2 is 1.86 bits per heavy atom. The van der Waals surface area contributed by atoms with Gasteiger partial charge in [0.05, 0.1) is 6.54 Å². The minimum absolute atomic E-state index is 0.102. The molecule has 1 rings (SSSR count). The number of nitrogens with one attached hydrogen (secondary N) is 2. The lowest BCUT2D eigenvalue weighted by Gasteiger charge is -2.20. The van der Waals surface area contributed by atoms with Crippen LogP contribution >= 0.6 is 0 Å². The molecule has 21 heavy (non-hydrogen) atoms. The van der Waals surface area contributed by atoms with Crippen LogP contribution < -0.4 is 15.5 Å². The minimum Gasteiger partial charge on any atom is -0.361 e. The molecule has 0 spiro atoms. The quantitative estimate of drug-likeness (QED) is 0.808. The highest BCUT2D eigenvalue weighted by Crippen LogP contribution is 2.24. The van der Waals surface area contributed by atoms with Gasteiger partial charge in [0.15, 0.2) is 0 Å². The van der Waals surface area contributed by atoms with Crippen molar-refractivity contribution in [3.05, 3.63) is 29.3 Å². The Bertz CT molecular complexity index is 469. The second-order valence-electron chi connectivity index (χ2n) is 5.46. The highest BCUT2D eigenvalue weighted by molar-refractivity contribution is 5.81. The maximum absolute atomic E-state index is 14.1. The number of benzene rings is 1. The summed E-state index contributed by atoms with van der Waals surface area (Å²) in [6.45, 7) is 5.21. The topological polar surface area (TPSA) is 44.4 Å². The molecule has 0 saturated heterocycles. The molecule has 6 heteroatoms. The van der Waals surface area contributed by atoms with Gasteiger partial charge in [0.2, 0.25) is 5.91 Å². The van der Waals surface area contributed by atoms with Crippen molar-refractivity contribution in [2.45, 2.75) is 20.4 Å². The van der Waals surface area contributed by atoms with Crippen LogP contribution in [-0.4, -0.2) is 33.1 Å². The summed E-state index contributed by atoms with van der Waals surface area (Å²) in [5.74, 6) is -1.16. The number of hydrogen-bond donors (Lipinski definition) is 2. The molecule has 0 aliphatic heterocycles. The van der Waals surface area contributed by atoms with Crippen LogP contribution in [0.3, 0.4) is 0 Å². The Morgan fingerprint density at radius 1 is 1.29 bits per heavy atom. The van der Waals surface area contributed by atoms with E-state index < -0.39 is 11.6 Å². The van der Waals surface area contributed by atoms with Crippen LogP contribution in [-0.2, 0) is 11.3 Å². The lowest BCUT2D eigenvalue weighted by atomic mass is 10.1. The van der Waals surface area contributed by atoms with E-state index in [-0.39, 0.29) is 18.1 Å². The standard InChI is InChI=1S/C15H23F2N3O/c1-10(2)7-19-8-11-5-12(16)15(13(17)6-11)20(4)9-14(21)18-3/h5-6,10,19H,7-9H2,1-4H3,(H,18,21). The van der Waals surface area contributed by atoms with E-state index in [0.717, 1.165) is 6.54 Å². The van der Waals surface area contributed by atoms with Gasteiger partial charge in [-0.1, -0.05) is 13.8 Å². The predicted octanol–water partition coefficient (Wildman–Crippen LogP) is 1.89. The maximum atomic E-state index is 14.1. The normalized spacial score (nSPS) is 10.8. The highest BCUT2D eigenvalue weighted by Gasteiger charge is 2.17. The third-order valence-electron chi connectivity index (χ3n) is 3.00. The lowest BCUT2D eigenvalue weighted by molar-refractivity contribution is -0.119. The van der Waals surface area contributed by atoms with Gasteiger partial charge in [-0.2, -0.15) is 0 Å². The molecule has 0 heterocycles. The molecule has 0 unspecified atom stereocenters. The molecular formula is C15H23F2N3O. The van der Waals surface area contributed by atoms with Gasteiger partial charge in [-0.15, -0.1) is 0 Å². The van der Waals surface area contributed by atoms with Gasteiger partial charge in [-0.25, -0.2) is 8.78 Å². The average molecular weight is 299 g/mol. The van der Waals surface area contributed by atoms with Crippen molar-refractivity contribution in [1.29, 1.82) is 0 Å². The number of nitrogens with zero attached hydrogens (tertiary/aromatic N) is 1. The van der Waals surface area contributed by atoms with Crippen molar-refractivity contribution in [2.75, 3.05) is 32.1 Å². The number of carbonyl (C=O) groups excluding carboxylic acids is 1. The molecule has 4 nitrogen and oxygen atoms in total. The van der Waals surface area contributed by atoms with Crippen molar-refractivity contribution in [3.63, 3.8) is 0 Å². The van der Waals surface area contributed by atoms with Gasteiger partial charge >= 0.3 is 0 Å². The van der Waals surface area contributed by atoms with Crippen molar-refractivity contribution in [3.8, 4) is 0 Å². The molecule has 118 valence electrons. The monoisotopic (exact) mass is 299 g/mol. The van der Waals surface area contributed by atoms with Crippen molar-refractivity contribution < 1.29 is 13.6 Å². The van der Waals surface area contributed by atoms with Crippen LogP contribution in [0.25, 0.3) is 0 Å². The first-order valence-electron chi connectivity index (χ1n) is 6.95. The number of rotatable bonds is 7. The second-order valence-corrected chi connectivity index (χ2v) is 5.46. The number of amides is 1. The summed E-state index contributed by atoms with van der Waals surface area (Å²) in [5, 5.41) is 5.55. The number of carbonyl (C=O) groups is 1. The number of anilines is 1. The van der Waals surface area contributed by atoms with Crippen molar-refractivity contribution in [2.24, 2.45) is 5.92 Å². The summed E-state index contributed by atoms with van der Waals surface area (Å²) in [6, 6.07) is 2.60. The van der Waals surface area contributed by atoms with E-state index in [2.05, 4.69) is 24.5 Å². The van der Waals surface area contributed by atoms with E-state index in [1.54, 1.807) is 0 Å². The first-order valence-corrected chi connectivity index (χ1v) is 6.95. The molecule has 0 atom stereocenters. The van der Waals surface area contributed by atoms with E-state index in [1.807, 2.05) is 0 Å². The van der Waals surface area contributed by atoms with E-state index in [1.165, 1.54) is 31.1 Å². The van der Waals surface area contributed by atoms with Crippen molar-refractivity contribution in [1.82, 2.24) is 10.6 Å². The maximum Gasteiger partial charge on any atom is 0.239 e. The molecule has 0 radical (unpaired) electrons. The lowest BCUT2D eigenvalue weighted by Crippen LogP contribution is -2.34. The predicted molar refractivity (Wildman–Crippen MR) is 80.2 cm³/mol. The molecule has 0 aliphatic rings. The molecule has 1 aromatic rings. The first kappa shape index (κ1) is 17.4. The highest BCUT2D eigenvalue weighted by atomic mass is 19.1. The Kier molecular flexibility index (Phi) is 6.55. The van der Waals surface area contributed by atoms with Crippen LogP contribution in [0.15, 0.2) is 12.1 Å².